The van der Waals surface area contributed by atoms with Gasteiger partial charge in [0, 0.05) is 6.42 Å². The fourth-order valence-corrected chi connectivity index (χ4v) is 1.22. The molecule has 0 saturated carbocycles. The van der Waals surface area contributed by atoms with Crippen LogP contribution in [0.1, 0.15) is 25.3 Å². The first-order chi connectivity index (χ1) is 7.22. The molecule has 0 fully saturated rings. The third-order valence-corrected chi connectivity index (χ3v) is 1.91. The van der Waals surface area contributed by atoms with E-state index in [-0.39, 0.29) is 18.2 Å². The van der Waals surface area contributed by atoms with E-state index in [0.29, 0.717) is 6.42 Å². The van der Waals surface area contributed by atoms with Gasteiger partial charge in [-0.05, 0) is 12.0 Å². The van der Waals surface area contributed by atoms with Crippen LogP contribution in [0.4, 0.5) is 0 Å². The van der Waals surface area contributed by atoms with Gasteiger partial charge in [0.15, 0.2) is 0 Å². The van der Waals surface area contributed by atoms with Gasteiger partial charge in [0.05, 0.1) is 6.42 Å². The lowest BCUT2D eigenvalue weighted by Gasteiger charge is -2.00. The van der Waals surface area contributed by atoms with E-state index in [1.807, 2.05) is 37.3 Å². The summed E-state index contributed by atoms with van der Waals surface area (Å²) in [5.74, 6) is -0.682. The normalized spacial score (nSPS) is 9.67. The molecule has 1 radical (unpaired) electrons. The smallest absolute Gasteiger partial charge is 0.253 e. The lowest BCUT2D eigenvalue weighted by molar-refractivity contribution is -0.130. The van der Waals surface area contributed by atoms with E-state index in [9.17, 15) is 9.59 Å². The van der Waals surface area contributed by atoms with Crippen molar-refractivity contribution in [1.82, 2.24) is 5.32 Å². The van der Waals surface area contributed by atoms with Crippen LogP contribution in [-0.2, 0) is 16.0 Å². The Kier molecular flexibility index (Phi) is 4.54. The number of nitrogens with zero attached hydrogens (tertiary/aromatic N) is 1. The molecule has 0 bridgehead atoms. The molecule has 0 spiro atoms. The van der Waals surface area contributed by atoms with E-state index in [4.69, 9.17) is 0 Å². The third-order valence-electron chi connectivity index (χ3n) is 1.91. The highest BCUT2D eigenvalue weighted by atomic mass is 16.2. The first-order valence-corrected chi connectivity index (χ1v) is 5.03. The van der Waals surface area contributed by atoms with Gasteiger partial charge in [-0.1, -0.05) is 37.3 Å². The minimum Gasteiger partial charge on any atom is -0.273 e. The summed E-state index contributed by atoms with van der Waals surface area (Å²) < 4.78 is 0. The maximum Gasteiger partial charge on any atom is 0.253 e. The van der Waals surface area contributed by atoms with Gasteiger partial charge in [0.2, 0.25) is 5.91 Å². The van der Waals surface area contributed by atoms with Crippen LogP contribution in [-0.4, -0.2) is 11.8 Å². The summed E-state index contributed by atoms with van der Waals surface area (Å²) in [6.07, 6.45) is 1.28. The summed E-state index contributed by atoms with van der Waals surface area (Å²) >= 11 is 0. The number of benzene rings is 1. The van der Waals surface area contributed by atoms with Crippen molar-refractivity contribution in [3.63, 3.8) is 0 Å². The van der Waals surface area contributed by atoms with Crippen LogP contribution >= 0.6 is 0 Å². The fourth-order valence-electron chi connectivity index (χ4n) is 1.22. The van der Waals surface area contributed by atoms with Crippen LogP contribution in [0.2, 0.25) is 0 Å². The number of carbonyl (C=O) groups is 2. The third kappa shape index (κ3) is 4.40. The average Bonchev–Trinajstić information content (AvgIpc) is 2.19. The van der Waals surface area contributed by atoms with E-state index < -0.39 is 0 Å². The fraction of sp³-hybridized carbons (Fsp3) is 0.333. The molecule has 0 aliphatic heterocycles. The highest BCUT2D eigenvalue weighted by Crippen LogP contribution is 1.99. The molecular formula is C12H14NO2. The van der Waals surface area contributed by atoms with Gasteiger partial charge < -0.3 is 0 Å². The molecule has 0 aromatic heterocycles. The van der Waals surface area contributed by atoms with Gasteiger partial charge in [-0.15, -0.1) is 0 Å². The minimum atomic E-state index is -0.361. The number of imide groups is 1. The molecule has 1 aromatic carbocycles. The molecule has 0 unspecified atom stereocenters. The van der Waals surface area contributed by atoms with E-state index in [2.05, 4.69) is 5.32 Å². The summed E-state index contributed by atoms with van der Waals surface area (Å²) in [7, 11) is 0. The van der Waals surface area contributed by atoms with Crippen molar-refractivity contribution in [3.8, 4) is 0 Å². The molecule has 0 aliphatic rings. The number of amides is 2. The van der Waals surface area contributed by atoms with Crippen molar-refractivity contribution in [2.75, 3.05) is 0 Å². The Hall–Kier alpha value is -1.64. The second kappa shape index (κ2) is 5.96. The van der Waals surface area contributed by atoms with Crippen LogP contribution in [0.5, 0.6) is 0 Å². The number of carbonyl (C=O) groups excluding carboxylic acids is 2. The van der Waals surface area contributed by atoms with Gasteiger partial charge in [0.25, 0.3) is 5.91 Å². The molecule has 0 aliphatic carbocycles. The molecule has 0 saturated heterocycles. The van der Waals surface area contributed by atoms with Crippen LogP contribution in [0.3, 0.4) is 0 Å². The van der Waals surface area contributed by atoms with Crippen molar-refractivity contribution >= 4 is 11.8 Å². The lowest BCUT2D eigenvalue weighted by Crippen LogP contribution is -2.24. The Morgan fingerprint density at radius 3 is 2.40 bits per heavy atom. The number of hydrogen-bond acceptors (Lipinski definition) is 2. The molecule has 2 amide bonds. The number of rotatable bonds is 4. The van der Waals surface area contributed by atoms with Crippen LogP contribution in [0.15, 0.2) is 30.3 Å². The van der Waals surface area contributed by atoms with E-state index >= 15 is 0 Å². The SMILES string of the molecule is CCCC(=O)[N]C(=O)Cc1ccccc1. The molecule has 0 N–H and O–H groups in total. The monoisotopic (exact) mass is 204 g/mol. The Bertz CT molecular complexity index is 333. The van der Waals surface area contributed by atoms with Crippen molar-refractivity contribution in [1.29, 1.82) is 0 Å². The average molecular weight is 204 g/mol. The Labute approximate surface area is 89.5 Å². The van der Waals surface area contributed by atoms with Gasteiger partial charge in [0.1, 0.15) is 0 Å². The van der Waals surface area contributed by atoms with Gasteiger partial charge in [-0.3, -0.25) is 9.59 Å². The summed E-state index contributed by atoms with van der Waals surface area (Å²) in [5, 5.41) is 3.48. The molecule has 0 heterocycles. The molecule has 1 aromatic rings. The zero-order valence-corrected chi connectivity index (χ0v) is 8.77. The molecule has 79 valence electrons. The van der Waals surface area contributed by atoms with Gasteiger partial charge in [-0.2, -0.15) is 5.32 Å². The summed E-state index contributed by atoms with van der Waals surface area (Å²) in [6.45, 7) is 1.88. The first-order valence-electron chi connectivity index (χ1n) is 5.03. The van der Waals surface area contributed by atoms with Gasteiger partial charge in [-0.25, -0.2) is 0 Å². The number of hydrogen-bond donors (Lipinski definition) is 0. The van der Waals surface area contributed by atoms with Crippen molar-refractivity contribution in [2.24, 2.45) is 0 Å². The second-order valence-corrected chi connectivity index (χ2v) is 3.31. The Balaban J connectivity index is 2.40. The van der Waals surface area contributed by atoms with Crippen molar-refractivity contribution in [2.45, 2.75) is 26.2 Å². The summed E-state index contributed by atoms with van der Waals surface area (Å²) in [4.78, 5) is 22.4. The maximum absolute atomic E-state index is 11.3. The highest BCUT2D eigenvalue weighted by molar-refractivity contribution is 5.95. The summed E-state index contributed by atoms with van der Waals surface area (Å²) in [6, 6.07) is 9.29. The molecule has 1 rings (SSSR count). The quantitative estimate of drug-likeness (QED) is 0.749. The second-order valence-electron chi connectivity index (χ2n) is 3.31. The first kappa shape index (κ1) is 11.4. The zero-order chi connectivity index (χ0) is 11.1. The van der Waals surface area contributed by atoms with E-state index in [1.54, 1.807) is 0 Å². The van der Waals surface area contributed by atoms with E-state index in [1.165, 1.54) is 0 Å². The van der Waals surface area contributed by atoms with E-state index in [0.717, 1.165) is 12.0 Å². The van der Waals surface area contributed by atoms with Crippen LogP contribution in [0, 0.1) is 0 Å². The largest absolute Gasteiger partial charge is 0.273 e. The van der Waals surface area contributed by atoms with Crippen LogP contribution < -0.4 is 5.32 Å². The highest BCUT2D eigenvalue weighted by Gasteiger charge is 2.09. The lowest BCUT2D eigenvalue weighted by atomic mass is 10.1. The molecule has 0 atom stereocenters. The van der Waals surface area contributed by atoms with Gasteiger partial charge >= 0.3 is 0 Å². The predicted molar refractivity (Wildman–Crippen MR) is 57.2 cm³/mol. The summed E-state index contributed by atoms with van der Waals surface area (Å²) in [5.41, 5.74) is 0.885. The standard InChI is InChI=1S/C12H14NO2/c1-2-6-11(14)13-12(15)9-10-7-4-3-5-8-10/h3-5,7-8H,2,6,9H2,1H3. The molecule has 3 nitrogen and oxygen atoms in total. The molecular weight excluding hydrogens is 190 g/mol. The topological polar surface area (TPSA) is 48.2 Å². The molecule has 3 heteroatoms. The Morgan fingerprint density at radius 2 is 1.80 bits per heavy atom. The molecule has 15 heavy (non-hydrogen) atoms. The van der Waals surface area contributed by atoms with Crippen molar-refractivity contribution < 1.29 is 9.59 Å². The van der Waals surface area contributed by atoms with Crippen LogP contribution in [0.25, 0.3) is 0 Å². The van der Waals surface area contributed by atoms with Crippen molar-refractivity contribution in [3.05, 3.63) is 35.9 Å². The zero-order valence-electron chi connectivity index (χ0n) is 8.77. The minimum absolute atomic E-state index is 0.205. The maximum atomic E-state index is 11.3. The Morgan fingerprint density at radius 1 is 1.13 bits per heavy atom. The predicted octanol–water partition coefficient (Wildman–Crippen LogP) is 1.69.